The van der Waals surface area contributed by atoms with Gasteiger partial charge in [0.1, 0.15) is 0 Å². The maximum absolute atomic E-state index is 11.7. The predicted molar refractivity (Wildman–Crippen MR) is 69.3 cm³/mol. The molecule has 0 spiro atoms. The lowest BCUT2D eigenvalue weighted by Crippen LogP contribution is -2.13. The van der Waals surface area contributed by atoms with Crippen LogP contribution in [0.25, 0.3) is 0 Å². The van der Waals surface area contributed by atoms with Crippen LogP contribution in [0.15, 0.2) is 23.1 Å². The molecule has 3 nitrogen and oxygen atoms in total. The standard InChI is InChI=1S/C12H13ClO3S/c1-3-16-12(15)9-6-8(4-5-10(9)17)11(14)7(2)13/h4-7,17H,3H2,1-2H3. The van der Waals surface area contributed by atoms with Gasteiger partial charge in [-0.15, -0.1) is 24.2 Å². The molecule has 1 unspecified atom stereocenters. The van der Waals surface area contributed by atoms with E-state index in [2.05, 4.69) is 12.6 Å². The van der Waals surface area contributed by atoms with Gasteiger partial charge in [-0.1, -0.05) is 6.07 Å². The third kappa shape index (κ3) is 3.48. The number of carbonyl (C=O) groups is 2. The summed E-state index contributed by atoms with van der Waals surface area (Å²) in [7, 11) is 0. The highest BCUT2D eigenvalue weighted by atomic mass is 35.5. The average Bonchev–Trinajstić information content (AvgIpc) is 2.28. The Hall–Kier alpha value is -1.000. The summed E-state index contributed by atoms with van der Waals surface area (Å²) in [6, 6.07) is 4.63. The number of thiol groups is 1. The van der Waals surface area contributed by atoms with Gasteiger partial charge in [-0.25, -0.2) is 4.79 Å². The molecular formula is C12H13ClO3S. The SMILES string of the molecule is CCOC(=O)c1cc(C(=O)C(C)Cl)ccc1S. The van der Waals surface area contributed by atoms with Crippen LogP contribution in [0.1, 0.15) is 34.6 Å². The molecule has 1 atom stereocenters. The van der Waals surface area contributed by atoms with Crippen LogP contribution in [-0.2, 0) is 4.74 Å². The number of rotatable bonds is 4. The van der Waals surface area contributed by atoms with Gasteiger partial charge < -0.3 is 4.74 Å². The summed E-state index contributed by atoms with van der Waals surface area (Å²) in [5.41, 5.74) is 0.659. The van der Waals surface area contributed by atoms with E-state index < -0.39 is 11.3 Å². The van der Waals surface area contributed by atoms with E-state index in [9.17, 15) is 9.59 Å². The van der Waals surface area contributed by atoms with Crippen LogP contribution in [-0.4, -0.2) is 23.7 Å². The highest BCUT2D eigenvalue weighted by Crippen LogP contribution is 2.19. The van der Waals surface area contributed by atoms with E-state index in [-0.39, 0.29) is 18.0 Å². The number of ether oxygens (including phenoxy) is 1. The van der Waals surface area contributed by atoms with Gasteiger partial charge in [-0.2, -0.15) is 0 Å². The molecule has 1 aromatic rings. The molecule has 0 bridgehead atoms. The van der Waals surface area contributed by atoms with Gasteiger partial charge in [0.2, 0.25) is 0 Å². The Balaban J connectivity index is 3.10. The topological polar surface area (TPSA) is 43.4 Å². The number of benzene rings is 1. The first-order chi connectivity index (χ1) is 7.97. The summed E-state index contributed by atoms with van der Waals surface area (Å²) in [4.78, 5) is 23.7. The first-order valence-corrected chi connectivity index (χ1v) is 6.04. The van der Waals surface area contributed by atoms with E-state index >= 15 is 0 Å². The molecule has 1 rings (SSSR count). The van der Waals surface area contributed by atoms with Gasteiger partial charge in [0.15, 0.2) is 5.78 Å². The third-order valence-electron chi connectivity index (χ3n) is 2.14. The van der Waals surface area contributed by atoms with Crippen LogP contribution in [0.2, 0.25) is 0 Å². The second-order valence-electron chi connectivity index (χ2n) is 3.43. The molecule has 0 aliphatic carbocycles. The number of hydrogen-bond acceptors (Lipinski definition) is 4. The largest absolute Gasteiger partial charge is 0.462 e. The summed E-state index contributed by atoms with van der Waals surface area (Å²) in [5.74, 6) is -0.722. The van der Waals surface area contributed by atoms with Crippen molar-refractivity contribution in [3.05, 3.63) is 29.3 Å². The van der Waals surface area contributed by atoms with Crippen molar-refractivity contribution in [2.24, 2.45) is 0 Å². The molecule has 0 heterocycles. The highest BCUT2D eigenvalue weighted by molar-refractivity contribution is 7.80. The molecular weight excluding hydrogens is 260 g/mol. The van der Waals surface area contributed by atoms with Crippen LogP contribution in [0, 0.1) is 0 Å². The number of ketones is 1. The molecule has 17 heavy (non-hydrogen) atoms. The van der Waals surface area contributed by atoms with E-state index in [1.807, 2.05) is 0 Å². The lowest BCUT2D eigenvalue weighted by molar-refractivity contribution is 0.0522. The molecule has 0 saturated heterocycles. The van der Waals surface area contributed by atoms with Crippen molar-refractivity contribution in [2.45, 2.75) is 24.1 Å². The first kappa shape index (κ1) is 14.1. The molecule has 0 aliphatic rings. The van der Waals surface area contributed by atoms with Crippen LogP contribution >= 0.6 is 24.2 Å². The van der Waals surface area contributed by atoms with Gasteiger partial charge in [0.25, 0.3) is 0 Å². The number of alkyl halides is 1. The smallest absolute Gasteiger partial charge is 0.339 e. The number of Topliss-reactive ketones (excluding diaryl/α,β-unsaturated/α-hetero) is 1. The zero-order chi connectivity index (χ0) is 13.0. The fourth-order valence-corrected chi connectivity index (χ4v) is 1.65. The van der Waals surface area contributed by atoms with Crippen molar-refractivity contribution < 1.29 is 14.3 Å². The van der Waals surface area contributed by atoms with Gasteiger partial charge in [-0.05, 0) is 26.0 Å². The fraction of sp³-hybridized carbons (Fsp3) is 0.333. The zero-order valence-corrected chi connectivity index (χ0v) is 11.2. The molecule has 0 aliphatic heterocycles. The van der Waals surface area contributed by atoms with E-state index in [0.717, 1.165) is 0 Å². The summed E-state index contributed by atoms with van der Waals surface area (Å²) in [5, 5.41) is -0.629. The van der Waals surface area contributed by atoms with Crippen molar-refractivity contribution in [3.8, 4) is 0 Å². The van der Waals surface area contributed by atoms with Crippen LogP contribution in [0.4, 0.5) is 0 Å². The normalized spacial score (nSPS) is 12.0. The molecule has 0 amide bonds. The van der Waals surface area contributed by atoms with Crippen LogP contribution < -0.4 is 0 Å². The lowest BCUT2D eigenvalue weighted by atomic mass is 10.1. The van der Waals surface area contributed by atoms with Crippen molar-refractivity contribution in [1.82, 2.24) is 0 Å². The maximum atomic E-state index is 11.7. The molecule has 1 aromatic carbocycles. The van der Waals surface area contributed by atoms with E-state index in [4.69, 9.17) is 16.3 Å². The Morgan fingerprint density at radius 1 is 1.47 bits per heavy atom. The summed E-state index contributed by atoms with van der Waals surface area (Å²) < 4.78 is 4.87. The molecule has 0 radical (unpaired) electrons. The Kier molecular flexibility index (Phi) is 5.02. The quantitative estimate of drug-likeness (QED) is 0.397. The van der Waals surface area contributed by atoms with Gasteiger partial charge in [0.05, 0.1) is 17.5 Å². The van der Waals surface area contributed by atoms with Crippen LogP contribution in [0.3, 0.4) is 0 Å². The Morgan fingerprint density at radius 3 is 2.65 bits per heavy atom. The van der Waals surface area contributed by atoms with Crippen LogP contribution in [0.5, 0.6) is 0 Å². The number of hydrogen-bond donors (Lipinski definition) is 1. The van der Waals surface area contributed by atoms with Crippen molar-refractivity contribution in [2.75, 3.05) is 6.61 Å². The molecule has 0 aromatic heterocycles. The second kappa shape index (κ2) is 6.07. The molecule has 0 fully saturated rings. The minimum atomic E-state index is -0.629. The Labute approximate surface area is 111 Å². The predicted octanol–water partition coefficient (Wildman–Crippen LogP) is 2.96. The minimum absolute atomic E-state index is 0.231. The fourth-order valence-electron chi connectivity index (χ4n) is 1.29. The second-order valence-corrected chi connectivity index (χ2v) is 4.57. The third-order valence-corrected chi connectivity index (χ3v) is 2.73. The Bertz CT molecular complexity index is 443. The van der Waals surface area contributed by atoms with Gasteiger partial charge in [0, 0.05) is 10.5 Å². The lowest BCUT2D eigenvalue weighted by Gasteiger charge is -2.08. The Morgan fingerprint density at radius 2 is 2.12 bits per heavy atom. The van der Waals surface area contributed by atoms with Gasteiger partial charge in [-0.3, -0.25) is 4.79 Å². The van der Waals surface area contributed by atoms with Gasteiger partial charge >= 0.3 is 5.97 Å². The zero-order valence-electron chi connectivity index (χ0n) is 9.57. The number of halogens is 1. The number of carbonyl (C=O) groups excluding carboxylic acids is 2. The van der Waals surface area contributed by atoms with E-state index in [1.165, 1.54) is 6.07 Å². The summed E-state index contributed by atoms with van der Waals surface area (Å²) in [6.07, 6.45) is 0. The first-order valence-electron chi connectivity index (χ1n) is 5.15. The molecule has 0 saturated carbocycles. The summed E-state index contributed by atoms with van der Waals surface area (Å²) >= 11 is 9.86. The molecule has 0 N–H and O–H groups in total. The highest BCUT2D eigenvalue weighted by Gasteiger charge is 2.17. The van der Waals surface area contributed by atoms with E-state index in [0.29, 0.717) is 10.5 Å². The molecule has 92 valence electrons. The van der Waals surface area contributed by atoms with Crippen molar-refractivity contribution in [1.29, 1.82) is 0 Å². The van der Waals surface area contributed by atoms with Crippen molar-refractivity contribution >= 4 is 36.0 Å². The maximum Gasteiger partial charge on any atom is 0.339 e. The minimum Gasteiger partial charge on any atom is -0.462 e. The monoisotopic (exact) mass is 272 g/mol. The van der Waals surface area contributed by atoms with Crippen molar-refractivity contribution in [3.63, 3.8) is 0 Å². The van der Waals surface area contributed by atoms with E-state index in [1.54, 1.807) is 26.0 Å². The molecule has 5 heteroatoms. The number of esters is 1. The summed E-state index contributed by atoms with van der Waals surface area (Å²) in [6.45, 7) is 3.57. The average molecular weight is 273 g/mol.